The van der Waals surface area contributed by atoms with Gasteiger partial charge in [0.1, 0.15) is 5.82 Å². The maximum absolute atomic E-state index is 11.4. The molecule has 1 N–H and O–H groups in total. The van der Waals surface area contributed by atoms with Gasteiger partial charge < -0.3 is 4.74 Å². The summed E-state index contributed by atoms with van der Waals surface area (Å²) in [6.45, 7) is 0. The van der Waals surface area contributed by atoms with E-state index in [2.05, 4.69) is 38.2 Å². The average Bonchev–Trinajstić information content (AvgIpc) is 2.54. The predicted octanol–water partition coefficient (Wildman–Crippen LogP) is 1.65. The number of rotatable bonds is 0. The van der Waals surface area contributed by atoms with Gasteiger partial charge in [-0.3, -0.25) is 12.9 Å². The second-order valence-electron chi connectivity index (χ2n) is 3.47. The Morgan fingerprint density at radius 1 is 1.47 bits per heavy atom. The number of methoxy groups -OCH3 is 1. The molecule has 0 aliphatic carbocycles. The van der Waals surface area contributed by atoms with Gasteiger partial charge in [0.15, 0.2) is 5.82 Å². The third-order valence-electron chi connectivity index (χ3n) is 2.46. The minimum absolute atomic E-state index is 0.299. The van der Waals surface area contributed by atoms with E-state index in [0.717, 1.165) is 10.8 Å². The lowest BCUT2D eigenvalue weighted by Gasteiger charge is -2.12. The van der Waals surface area contributed by atoms with Crippen LogP contribution in [0.4, 0.5) is 11.6 Å². The standard InChI is InChI=1S/C10H7IN4O2/c1-17-10-13-8-7-5(2-3-6(16)12-8)4-15(11)9(7)14-10/h2-4H,1H3,(H,12,13,14,16). The molecule has 0 bridgehead atoms. The van der Waals surface area contributed by atoms with Gasteiger partial charge in [-0.25, -0.2) is 0 Å². The second kappa shape index (κ2) is 3.69. The number of hydrogen-bond acceptors (Lipinski definition) is 5. The van der Waals surface area contributed by atoms with E-state index in [-0.39, 0.29) is 5.56 Å². The first kappa shape index (κ1) is 10.5. The zero-order chi connectivity index (χ0) is 12.0. The van der Waals surface area contributed by atoms with E-state index in [1.54, 1.807) is 6.07 Å². The van der Waals surface area contributed by atoms with Crippen molar-refractivity contribution in [2.75, 3.05) is 12.4 Å². The van der Waals surface area contributed by atoms with Crippen LogP contribution in [0.1, 0.15) is 0 Å². The molecule has 6 nitrogen and oxygen atoms in total. The fourth-order valence-electron chi connectivity index (χ4n) is 1.73. The van der Waals surface area contributed by atoms with E-state index in [1.165, 1.54) is 13.2 Å². The number of amidine groups is 1. The van der Waals surface area contributed by atoms with E-state index < -0.39 is 0 Å². The van der Waals surface area contributed by atoms with Gasteiger partial charge >= 0.3 is 0 Å². The summed E-state index contributed by atoms with van der Waals surface area (Å²) in [6, 6.07) is 3.50. The maximum atomic E-state index is 11.4. The zero-order valence-corrected chi connectivity index (χ0v) is 10.9. The van der Waals surface area contributed by atoms with Gasteiger partial charge in [0, 0.05) is 17.6 Å². The van der Waals surface area contributed by atoms with E-state index in [1.807, 2.05) is 8.98 Å². The molecule has 0 aromatic carbocycles. The van der Waals surface area contributed by atoms with Gasteiger partial charge in [-0.15, -0.1) is 0 Å². The van der Waals surface area contributed by atoms with Crippen molar-refractivity contribution in [2.24, 2.45) is 4.99 Å². The van der Waals surface area contributed by atoms with Crippen LogP contribution in [-0.2, 0) is 4.74 Å². The molecule has 1 aliphatic rings. The van der Waals surface area contributed by atoms with E-state index in [9.17, 15) is 4.79 Å². The van der Waals surface area contributed by atoms with Crippen molar-refractivity contribution >= 4 is 51.3 Å². The number of ether oxygens (including phenoxy) is 1. The molecule has 0 amide bonds. The van der Waals surface area contributed by atoms with Crippen molar-refractivity contribution in [3.63, 3.8) is 0 Å². The predicted molar refractivity (Wildman–Crippen MR) is 73.1 cm³/mol. The first-order valence-electron chi connectivity index (χ1n) is 4.81. The average molecular weight is 342 g/mol. The summed E-state index contributed by atoms with van der Waals surface area (Å²) in [4.78, 5) is 19.7. The van der Waals surface area contributed by atoms with Crippen LogP contribution in [-0.4, -0.2) is 20.9 Å². The molecule has 3 heterocycles. The van der Waals surface area contributed by atoms with Gasteiger partial charge in [-0.05, 0) is 6.07 Å². The normalized spacial score (nSPS) is 13.2. The molecule has 3 rings (SSSR count). The summed E-state index contributed by atoms with van der Waals surface area (Å²) >= 11 is 2.12. The van der Waals surface area contributed by atoms with Crippen molar-refractivity contribution in [2.45, 2.75) is 0 Å². The second-order valence-corrected chi connectivity index (χ2v) is 4.51. The summed E-state index contributed by atoms with van der Waals surface area (Å²) in [6.07, 6.45) is 1.89. The van der Waals surface area contributed by atoms with E-state index in [0.29, 0.717) is 17.7 Å². The highest BCUT2D eigenvalue weighted by atomic mass is 127. The minimum atomic E-state index is -0.299. The van der Waals surface area contributed by atoms with Gasteiger partial charge in [0.25, 0.3) is 11.6 Å². The number of nitrogens with zero attached hydrogens (tertiary/aromatic N) is 3. The zero-order valence-electron chi connectivity index (χ0n) is 8.77. The highest BCUT2D eigenvalue weighted by molar-refractivity contribution is 14.1. The van der Waals surface area contributed by atoms with Gasteiger partial charge in [-0.1, -0.05) is 0 Å². The quantitative estimate of drug-likeness (QED) is 0.740. The number of nitrogens with one attached hydrogen (secondary N) is 1. The van der Waals surface area contributed by atoms with Crippen LogP contribution >= 0.6 is 22.9 Å². The molecular weight excluding hydrogens is 335 g/mol. The molecule has 7 heteroatoms. The topological polar surface area (TPSA) is 68.5 Å². The number of aliphatic imine (C=N–C) groups is 1. The molecule has 0 spiro atoms. The monoisotopic (exact) mass is 342 g/mol. The lowest BCUT2D eigenvalue weighted by Crippen LogP contribution is -2.18. The van der Waals surface area contributed by atoms with Crippen LogP contribution in [0.3, 0.4) is 0 Å². The van der Waals surface area contributed by atoms with Gasteiger partial charge in [0.05, 0.1) is 35.4 Å². The molecular formula is C10H7IN4O2. The summed E-state index contributed by atoms with van der Waals surface area (Å²) in [5.74, 6) is 1.20. The fourth-order valence-corrected chi connectivity index (χ4v) is 2.38. The van der Waals surface area contributed by atoms with E-state index >= 15 is 0 Å². The lowest BCUT2D eigenvalue weighted by molar-refractivity contribution is 0.401. The van der Waals surface area contributed by atoms with E-state index in [4.69, 9.17) is 4.74 Å². The fraction of sp³-hybridized carbons (Fsp3) is 0.100. The molecule has 1 aliphatic heterocycles. The Labute approximate surface area is 110 Å². The third kappa shape index (κ3) is 1.57. The number of hydrogen-bond donors (Lipinski definition) is 1. The highest BCUT2D eigenvalue weighted by Gasteiger charge is 2.19. The van der Waals surface area contributed by atoms with Crippen LogP contribution in [0, 0.1) is 0 Å². The molecule has 2 aromatic heterocycles. The van der Waals surface area contributed by atoms with Crippen LogP contribution in [0.15, 0.2) is 28.1 Å². The van der Waals surface area contributed by atoms with Crippen molar-refractivity contribution in [3.05, 3.63) is 28.7 Å². The smallest absolute Gasteiger partial charge is 0.296 e. The third-order valence-corrected chi connectivity index (χ3v) is 3.19. The van der Waals surface area contributed by atoms with Crippen LogP contribution in [0.5, 0.6) is 0 Å². The Kier molecular flexibility index (Phi) is 2.28. The molecule has 0 saturated carbocycles. The number of halogens is 1. The van der Waals surface area contributed by atoms with Crippen molar-refractivity contribution < 1.29 is 4.74 Å². The number of aromatic nitrogens is 2. The minimum Gasteiger partial charge on any atom is -0.468 e. The first-order valence-corrected chi connectivity index (χ1v) is 5.78. The molecule has 0 unspecified atom stereocenters. The van der Waals surface area contributed by atoms with Crippen LogP contribution in [0.2, 0.25) is 0 Å². The van der Waals surface area contributed by atoms with Crippen LogP contribution < -0.4 is 10.9 Å². The van der Waals surface area contributed by atoms with Crippen molar-refractivity contribution in [1.82, 2.24) is 7.76 Å². The molecule has 0 saturated heterocycles. The Morgan fingerprint density at radius 3 is 3.06 bits per heavy atom. The first-order chi connectivity index (χ1) is 8.19. The Balaban J connectivity index is 2.47. The molecule has 86 valence electrons. The summed E-state index contributed by atoms with van der Waals surface area (Å²) < 4.78 is 6.90. The maximum Gasteiger partial charge on any atom is 0.296 e. The van der Waals surface area contributed by atoms with Gasteiger partial charge in [0.2, 0.25) is 0 Å². The SMILES string of the molecule is COC1=Nc2c3c(nc(=O)ccc3cn2I)N1. The molecule has 0 atom stereocenters. The van der Waals surface area contributed by atoms with Crippen molar-refractivity contribution in [3.8, 4) is 0 Å². The molecule has 17 heavy (non-hydrogen) atoms. The summed E-state index contributed by atoms with van der Waals surface area (Å²) in [5.41, 5.74) is -0.299. The summed E-state index contributed by atoms with van der Waals surface area (Å²) in [7, 11) is 1.51. The number of anilines is 1. The van der Waals surface area contributed by atoms with Crippen LogP contribution in [0.25, 0.3) is 10.8 Å². The Bertz CT molecular complexity index is 707. The Morgan fingerprint density at radius 2 is 2.29 bits per heavy atom. The highest BCUT2D eigenvalue weighted by Crippen LogP contribution is 2.36. The van der Waals surface area contributed by atoms with Gasteiger partial charge in [-0.2, -0.15) is 9.98 Å². The van der Waals surface area contributed by atoms with Crippen molar-refractivity contribution in [1.29, 1.82) is 0 Å². The molecule has 0 fully saturated rings. The molecule has 0 radical (unpaired) electrons. The Hall–Kier alpha value is -1.64. The lowest BCUT2D eigenvalue weighted by atomic mass is 10.2. The molecule has 2 aromatic rings. The summed E-state index contributed by atoms with van der Waals surface area (Å²) in [5, 5.41) is 4.61. The largest absolute Gasteiger partial charge is 0.468 e.